The van der Waals surface area contributed by atoms with Crippen molar-refractivity contribution in [1.82, 2.24) is 9.97 Å². The van der Waals surface area contributed by atoms with Crippen LogP contribution in [0.25, 0.3) is 4.85 Å². The van der Waals surface area contributed by atoms with E-state index in [1.165, 1.54) is 7.11 Å². The van der Waals surface area contributed by atoms with E-state index in [4.69, 9.17) is 11.3 Å². The quantitative estimate of drug-likeness (QED) is 0.811. The zero-order valence-electron chi connectivity index (χ0n) is 13.1. The molecule has 0 fully saturated rings. The second-order valence-corrected chi connectivity index (χ2v) is 5.41. The van der Waals surface area contributed by atoms with Crippen molar-refractivity contribution in [3.63, 3.8) is 0 Å². The summed E-state index contributed by atoms with van der Waals surface area (Å²) in [7, 11) is 1.48. The number of benzene rings is 1. The van der Waals surface area contributed by atoms with Crippen LogP contribution in [-0.2, 0) is 6.42 Å². The number of aromatic nitrogens is 2. The van der Waals surface area contributed by atoms with Crippen LogP contribution in [0.5, 0.6) is 5.75 Å². The van der Waals surface area contributed by atoms with Crippen molar-refractivity contribution in [2.24, 2.45) is 0 Å². The van der Waals surface area contributed by atoms with Crippen molar-refractivity contribution in [2.75, 3.05) is 18.6 Å². The van der Waals surface area contributed by atoms with Crippen molar-refractivity contribution in [3.05, 3.63) is 52.9 Å². The maximum Gasteiger partial charge on any atom is 0.371 e. The van der Waals surface area contributed by atoms with Crippen LogP contribution >= 0.6 is 0 Å². The van der Waals surface area contributed by atoms with Gasteiger partial charge in [-0.05, 0) is 36.1 Å². The predicted octanol–water partition coefficient (Wildman–Crippen LogP) is 3.69. The van der Waals surface area contributed by atoms with Crippen LogP contribution in [0.3, 0.4) is 0 Å². The summed E-state index contributed by atoms with van der Waals surface area (Å²) in [4.78, 5) is 13.5. The Hall–Kier alpha value is -2.68. The van der Waals surface area contributed by atoms with Crippen LogP contribution in [0.2, 0.25) is 0 Å². The number of methoxy groups -OCH3 is 1. The van der Waals surface area contributed by atoms with Gasteiger partial charge in [0.2, 0.25) is 0 Å². The van der Waals surface area contributed by atoms with E-state index in [0.717, 1.165) is 36.2 Å². The molecule has 2 aromatic rings. The molecule has 0 saturated carbocycles. The fraction of sp³-hybridized carbons (Fsp3) is 0.353. The lowest BCUT2D eigenvalue weighted by Gasteiger charge is -2.38. The van der Waals surface area contributed by atoms with Crippen molar-refractivity contribution in [3.8, 4) is 5.75 Å². The van der Waals surface area contributed by atoms with E-state index in [2.05, 4.69) is 26.6 Å². The Bertz CT molecular complexity index is 754. The number of hydrogen-bond acceptors (Lipinski definition) is 4. The topological polar surface area (TPSA) is 42.6 Å². The molecule has 1 aromatic heterocycles. The minimum atomic E-state index is -0.342. The van der Waals surface area contributed by atoms with E-state index >= 15 is 0 Å². The highest BCUT2D eigenvalue weighted by atomic mass is 19.1. The highest BCUT2D eigenvalue weighted by molar-refractivity contribution is 5.52. The molecule has 0 amide bonds. The molecule has 0 radical (unpaired) electrons. The molecule has 6 heteroatoms. The van der Waals surface area contributed by atoms with E-state index in [9.17, 15) is 4.39 Å². The van der Waals surface area contributed by atoms with Gasteiger partial charge in [0.25, 0.3) is 0 Å². The molecule has 1 aliphatic heterocycles. The van der Waals surface area contributed by atoms with Crippen LogP contribution in [-0.4, -0.2) is 23.6 Å². The lowest BCUT2D eigenvalue weighted by Crippen LogP contribution is -2.35. The van der Waals surface area contributed by atoms with E-state index in [0.29, 0.717) is 0 Å². The zero-order chi connectivity index (χ0) is 16.4. The van der Waals surface area contributed by atoms with Crippen LogP contribution in [0, 0.1) is 12.4 Å². The van der Waals surface area contributed by atoms with Crippen LogP contribution in [0.1, 0.15) is 30.5 Å². The molecule has 0 bridgehead atoms. The minimum Gasteiger partial charge on any atom is -0.494 e. The second-order valence-electron chi connectivity index (χ2n) is 5.41. The molecule has 118 valence electrons. The van der Waals surface area contributed by atoms with Crippen molar-refractivity contribution in [1.29, 1.82) is 0 Å². The molecular formula is C17H17FN4O. The van der Waals surface area contributed by atoms with Gasteiger partial charge in [-0.2, -0.15) is 9.97 Å². The SMILES string of the molecule is [C-]#[N+]c1ncc(N2CCc3cc(OC)c(F)cc3C2CC)cn1. The van der Waals surface area contributed by atoms with Crippen molar-refractivity contribution >= 4 is 11.6 Å². The van der Waals surface area contributed by atoms with E-state index in [1.807, 2.05) is 0 Å². The fourth-order valence-electron chi connectivity index (χ4n) is 3.13. The number of rotatable bonds is 3. The molecule has 2 heterocycles. The summed E-state index contributed by atoms with van der Waals surface area (Å²) in [6, 6.07) is 3.42. The Balaban J connectivity index is 1.99. The molecule has 0 N–H and O–H groups in total. The molecule has 23 heavy (non-hydrogen) atoms. The lowest BCUT2D eigenvalue weighted by atomic mass is 9.90. The number of fused-ring (bicyclic) bond motifs is 1. The second kappa shape index (κ2) is 6.21. The average molecular weight is 312 g/mol. The normalized spacial score (nSPS) is 16.6. The number of halogens is 1. The monoisotopic (exact) mass is 312 g/mol. The number of hydrogen-bond donors (Lipinski definition) is 0. The van der Waals surface area contributed by atoms with Gasteiger partial charge in [-0.3, -0.25) is 0 Å². The minimum absolute atomic E-state index is 0.0570. The molecule has 0 saturated heterocycles. The Labute approximate surface area is 134 Å². The van der Waals surface area contributed by atoms with Gasteiger partial charge >= 0.3 is 5.95 Å². The average Bonchev–Trinajstić information content (AvgIpc) is 2.60. The van der Waals surface area contributed by atoms with Crippen molar-refractivity contribution < 1.29 is 9.13 Å². The standard InChI is InChI=1S/C17H17FN4O/c1-4-15-13-8-14(18)16(23-3)7-11(13)5-6-22(15)12-9-20-17(19-2)21-10-12/h7-10,15H,4-6H2,1,3H3. The maximum absolute atomic E-state index is 14.1. The van der Waals surface area contributed by atoms with Crippen molar-refractivity contribution in [2.45, 2.75) is 25.8 Å². The third-order valence-corrected chi connectivity index (χ3v) is 4.21. The van der Waals surface area contributed by atoms with E-state index in [1.54, 1.807) is 24.5 Å². The number of nitrogens with zero attached hydrogens (tertiary/aromatic N) is 4. The predicted molar refractivity (Wildman–Crippen MR) is 85.3 cm³/mol. The number of anilines is 1. The highest BCUT2D eigenvalue weighted by Crippen LogP contribution is 2.38. The summed E-state index contributed by atoms with van der Waals surface area (Å²) >= 11 is 0. The molecule has 1 aromatic carbocycles. The zero-order valence-corrected chi connectivity index (χ0v) is 13.1. The van der Waals surface area contributed by atoms with Gasteiger partial charge < -0.3 is 14.5 Å². The van der Waals surface area contributed by atoms with E-state index < -0.39 is 0 Å². The Morgan fingerprint density at radius 3 is 2.74 bits per heavy atom. The van der Waals surface area contributed by atoms with Gasteiger partial charge in [0, 0.05) is 6.54 Å². The number of ether oxygens (including phenoxy) is 1. The first-order valence-electron chi connectivity index (χ1n) is 7.50. The van der Waals surface area contributed by atoms with Crippen LogP contribution < -0.4 is 9.64 Å². The summed E-state index contributed by atoms with van der Waals surface area (Å²) in [5.41, 5.74) is 2.95. The van der Waals surface area contributed by atoms with Gasteiger partial charge in [0.05, 0.1) is 13.2 Å². The fourth-order valence-corrected chi connectivity index (χ4v) is 3.13. The first-order chi connectivity index (χ1) is 11.2. The molecular weight excluding hydrogens is 295 g/mol. The summed E-state index contributed by atoms with van der Waals surface area (Å²) in [6.07, 6.45) is 4.96. The molecule has 3 rings (SSSR count). The van der Waals surface area contributed by atoms with Gasteiger partial charge in [0.15, 0.2) is 11.6 Å². The molecule has 0 aliphatic carbocycles. The third kappa shape index (κ3) is 2.70. The summed E-state index contributed by atoms with van der Waals surface area (Å²) in [5, 5.41) is 0. The molecule has 1 atom stereocenters. The molecule has 5 nitrogen and oxygen atoms in total. The van der Waals surface area contributed by atoms with Gasteiger partial charge in [-0.15, -0.1) is 6.57 Å². The van der Waals surface area contributed by atoms with Gasteiger partial charge in [0.1, 0.15) is 18.1 Å². The van der Waals surface area contributed by atoms with Crippen LogP contribution in [0.4, 0.5) is 16.0 Å². The van der Waals surface area contributed by atoms with Crippen LogP contribution in [0.15, 0.2) is 24.5 Å². The third-order valence-electron chi connectivity index (χ3n) is 4.21. The van der Waals surface area contributed by atoms with Gasteiger partial charge in [-0.1, -0.05) is 6.92 Å². The Kier molecular flexibility index (Phi) is 4.11. The Morgan fingerprint density at radius 1 is 1.39 bits per heavy atom. The lowest BCUT2D eigenvalue weighted by molar-refractivity contribution is 0.384. The molecule has 1 unspecified atom stereocenters. The first kappa shape index (κ1) is 15.2. The summed E-state index contributed by atoms with van der Waals surface area (Å²) in [6.45, 7) is 9.79. The maximum atomic E-state index is 14.1. The molecule has 0 spiro atoms. The van der Waals surface area contributed by atoms with Gasteiger partial charge in [-0.25, -0.2) is 4.39 Å². The smallest absolute Gasteiger partial charge is 0.371 e. The Morgan fingerprint density at radius 2 is 2.13 bits per heavy atom. The summed E-state index contributed by atoms with van der Waals surface area (Å²) < 4.78 is 19.2. The summed E-state index contributed by atoms with van der Waals surface area (Å²) in [5.74, 6) is 0.0814. The van der Waals surface area contributed by atoms with E-state index in [-0.39, 0.29) is 23.6 Å². The molecule has 1 aliphatic rings. The first-order valence-corrected chi connectivity index (χ1v) is 7.50. The highest BCUT2D eigenvalue weighted by Gasteiger charge is 2.28. The largest absolute Gasteiger partial charge is 0.494 e.